The fourth-order valence-electron chi connectivity index (χ4n) is 32.6. The quantitative estimate of drug-likeness (QED) is 0.0533. The summed E-state index contributed by atoms with van der Waals surface area (Å²) >= 11 is 0. The Morgan fingerprint density at radius 1 is 0.0536 bits per heavy atom. The van der Waals surface area contributed by atoms with Crippen LogP contribution in [0.4, 0.5) is 0 Å². The lowest BCUT2D eigenvalue weighted by Crippen LogP contribution is -3.02. The molecule has 112 heteroatoms. The van der Waals surface area contributed by atoms with E-state index in [1.54, 1.807) is 0 Å². The highest BCUT2D eigenvalue weighted by molar-refractivity contribution is 8.45. The van der Waals surface area contributed by atoms with E-state index in [4.69, 9.17) is 0 Å². The molecule has 0 fully saturated rings. The average molecular weight is 1330 g/mol. The lowest BCUT2D eigenvalue weighted by Gasteiger charge is -2.63. The third kappa shape index (κ3) is 31.8. The molecule has 112 heavy (non-hydrogen) atoms. The smallest absolute Gasteiger partial charge is 0.000000137 e. The van der Waals surface area contributed by atoms with E-state index in [-0.39, 0.29) is 0 Å². The van der Waals surface area contributed by atoms with Gasteiger partial charge in [-0.1, -0.05) is 0 Å². The van der Waals surface area contributed by atoms with Crippen LogP contribution in [0, 0.1) is 0 Å². The van der Waals surface area contributed by atoms with Crippen LogP contribution in [-0.2, 0) is 0 Å². The van der Waals surface area contributed by atoms with Gasteiger partial charge in [-0.15, -0.1) is 0 Å². The Kier molecular flexibility index (Phi) is 58.4. The molecule has 0 aliphatic carbocycles. The number of hydrogen-bond donors (Lipinski definition) is 0. The van der Waals surface area contributed by atoms with Gasteiger partial charge in [-0.3, -0.25) is 0 Å². The van der Waals surface area contributed by atoms with Crippen LogP contribution < -0.4 is 0 Å². The molecule has 0 aliphatic rings. The minimum atomic E-state index is 0.366. The minimum Gasteiger partial charge on any atom is 0.000000137 e. The first-order valence-corrected chi connectivity index (χ1v) is 50.9. The molecule has 0 amide bonds. The van der Waals surface area contributed by atoms with Crippen LogP contribution in [0.5, 0.6) is 0 Å². The number of hydrogen-bond acceptors (Lipinski definition) is 0. The maximum atomic E-state index is 2.90. The summed E-state index contributed by atoms with van der Waals surface area (Å²) in [5, 5.41) is 0. The standard InChI is InChI=1S/B112H114/c1-58(2)86(57)100(85(55)56)107(99(83(51)52)84(53)54)111(108(101(87(59(3)4)60(5)6)88(61(7)8)62(9)10)102(89(63(11)12)64(13)14)90(65(15)16)66(17)18)112(109(103(91(67(19)20)68(21)22)92(69(23)24)70(25)26)104(93(71(27)28)72(29)30)94(73(31)32)74(33)34)110(105(95(75(35)36)76(37)38)96(77(39)40)78(41)42)106(97(79(43)44)80(45)46)98(81(47)48)82(49)50/h1-57H2. The van der Waals surface area contributed by atoms with Gasteiger partial charge in [-0.2, -0.15) is 0 Å². The molecule has 450 valence electrons. The van der Waals surface area contributed by atoms with Crippen LogP contribution in [0.25, 0.3) is 0 Å². The van der Waals surface area contributed by atoms with Gasteiger partial charge >= 0.3 is 0 Å². The first-order valence-electron chi connectivity index (χ1n) is 50.9. The molecule has 0 aliphatic heterocycles. The SMILES string of the molecule is BB(B)B(B)B(B(B)B)B(B(B(B)B)B(B)B)B(B(B(B(B(B)B)B(B)B)B(B(B)B)B(B)B)B(B(B(B)B)B(B)B)B(B(B)B)B(B)B)B(B(B(B(B(B)B)B(B)B)B(B(B)B)B(B)B)B(B(B(B)B)B(B)B)B(B(B)B)B(B)B)B(B(B(B(B)B)B(B)B)B(B(B)B)B(B)B)B(B(B(B)B)B(B)B)B(B(B)B)B(B)B. The van der Waals surface area contributed by atoms with Crippen LogP contribution in [0.1, 0.15) is 0 Å². The van der Waals surface area contributed by atoms with Gasteiger partial charge in [0.2, 0.25) is 0 Å². The second-order valence-electron chi connectivity index (χ2n) is 50.7. The first-order chi connectivity index (χ1) is 50.9. The van der Waals surface area contributed by atoms with Crippen molar-refractivity contribution in [1.29, 1.82) is 0 Å². The Hall–Kier alpha value is 7.27. The summed E-state index contributed by atoms with van der Waals surface area (Å²) in [5.41, 5.74) is 0. The molecule has 0 bridgehead atoms. The van der Waals surface area contributed by atoms with E-state index < -0.39 is 0 Å². The van der Waals surface area contributed by atoms with Crippen molar-refractivity contribution in [2.24, 2.45) is 0 Å². The average Bonchev–Trinajstić information content (AvgIpc) is 0.704. The highest BCUT2D eigenvalue weighted by atomic mass is 13.5. The van der Waals surface area contributed by atoms with Crippen LogP contribution in [0.15, 0.2) is 0 Å². The van der Waals surface area contributed by atoms with E-state index >= 15 is 0 Å². The second-order valence-corrected chi connectivity index (χ2v) is 50.7. The Morgan fingerprint density at radius 3 is 0.161 bits per heavy atom. The zero-order valence-corrected chi connectivity index (χ0v) is 88.8. The van der Waals surface area contributed by atoms with Crippen molar-refractivity contribution < 1.29 is 0 Å². The van der Waals surface area contributed by atoms with Gasteiger partial charge in [0, 0.05) is 351 Å². The van der Waals surface area contributed by atoms with Gasteiger partial charge in [0.25, 0.3) is 0 Å². The molecule has 0 aromatic rings. The maximum Gasteiger partial charge on any atom is 0.0552 e. The summed E-state index contributed by atoms with van der Waals surface area (Å²) in [7, 11) is 160. The number of rotatable bonds is 54. The Balaban J connectivity index is 15.8. The summed E-state index contributed by atoms with van der Waals surface area (Å²) in [6.45, 7) is 0. The monoisotopic (exact) mass is 1350 g/mol. The molecule has 0 aromatic heterocycles. The third-order valence-corrected chi connectivity index (χ3v) is 33.6. The van der Waals surface area contributed by atoms with Crippen molar-refractivity contribution >= 4 is 792 Å². The van der Waals surface area contributed by atoms with Gasteiger partial charge in [0.1, 0.15) is 0 Å². The van der Waals surface area contributed by atoms with Crippen LogP contribution >= 0.6 is 0 Å². The molecule has 0 atom stereocenters. The Bertz CT molecular complexity index is 1930. The molecule has 0 saturated carbocycles. The third-order valence-electron chi connectivity index (χ3n) is 33.6. The molecule has 0 N–H and O–H groups in total. The van der Waals surface area contributed by atoms with Crippen molar-refractivity contribution in [3.63, 3.8) is 0 Å². The summed E-state index contributed by atoms with van der Waals surface area (Å²) in [6.07, 6.45) is 27.1. The summed E-state index contributed by atoms with van der Waals surface area (Å²) in [6, 6.07) is 0. The van der Waals surface area contributed by atoms with E-state index in [1.165, 1.54) is 0 Å². The maximum absolute atomic E-state index is 2.90. The Morgan fingerprint density at radius 2 is 0.107 bits per heavy atom. The minimum absolute atomic E-state index is 0.366. The van der Waals surface area contributed by atoms with E-state index in [9.17, 15) is 0 Å². The lowest BCUT2D eigenvalue weighted by atomic mass is 8.17. The fourth-order valence-corrected chi connectivity index (χ4v) is 32.6. The highest BCUT2D eigenvalue weighted by Gasteiger charge is 2.70. The molecular weight excluding hydrogens is 1210 g/mol. The largest absolute Gasteiger partial charge is 0.0552 e. The molecular formula is H114B112. The second kappa shape index (κ2) is 54.8. The van der Waals surface area contributed by atoms with Gasteiger partial charge in [-0.25, -0.2) is 0 Å². The molecule has 0 saturated heterocycles. The van der Waals surface area contributed by atoms with Crippen LogP contribution in [0.2, 0.25) is 0 Å². The van der Waals surface area contributed by atoms with E-state index in [2.05, 4.69) is 441 Å². The topological polar surface area (TPSA) is 0 Å². The fraction of sp³-hybridized carbons (Fsp3) is 0. The van der Waals surface area contributed by atoms with Gasteiger partial charge in [-0.05, 0) is 0 Å². The predicted molar refractivity (Wildman–Crippen MR) is 803 cm³/mol. The molecule has 0 rings (SSSR count). The van der Waals surface area contributed by atoms with Crippen molar-refractivity contribution in [1.82, 2.24) is 0 Å². The molecule has 0 spiro atoms. The van der Waals surface area contributed by atoms with Gasteiger partial charge in [0.05, 0.1) is 441 Å². The zero-order valence-electron chi connectivity index (χ0n) is 88.8. The highest BCUT2D eigenvalue weighted by Crippen LogP contribution is 2.32. The lowest BCUT2D eigenvalue weighted by molar-refractivity contribution is 3.12. The van der Waals surface area contributed by atoms with Crippen molar-refractivity contribution in [2.45, 2.75) is 0 Å². The Labute approximate surface area is 783 Å². The summed E-state index contributed by atoms with van der Waals surface area (Å²) in [4.78, 5) is 0. The summed E-state index contributed by atoms with van der Waals surface area (Å²) < 4.78 is 0. The molecule has 0 nitrogen and oxygen atoms in total. The predicted octanol–water partition coefficient (Wildman–Crippen LogP) is -73.2. The van der Waals surface area contributed by atoms with E-state index in [0.29, 0.717) is 351 Å². The molecule has 0 heterocycles. The normalized spacial score (nSPS) is 9.86. The van der Waals surface area contributed by atoms with Crippen LogP contribution in [0.3, 0.4) is 0 Å². The van der Waals surface area contributed by atoms with E-state index in [0.717, 1.165) is 0 Å². The van der Waals surface area contributed by atoms with Crippen molar-refractivity contribution in [3.8, 4) is 0 Å². The van der Waals surface area contributed by atoms with Crippen molar-refractivity contribution in [3.05, 3.63) is 0 Å². The van der Waals surface area contributed by atoms with Gasteiger partial charge < -0.3 is 0 Å². The molecule has 0 aromatic carbocycles. The van der Waals surface area contributed by atoms with E-state index in [1.807, 2.05) is 0 Å². The first kappa shape index (κ1) is 119. The van der Waals surface area contributed by atoms with Crippen molar-refractivity contribution in [2.75, 3.05) is 0 Å². The summed E-state index contributed by atoms with van der Waals surface area (Å²) in [5.74, 6) is 0. The van der Waals surface area contributed by atoms with Gasteiger partial charge in [0.15, 0.2) is 0 Å². The zero-order chi connectivity index (χ0) is 88.8. The molecule has 0 radical (unpaired) electrons. The molecule has 0 unspecified atom stereocenters. The van der Waals surface area contributed by atoms with Crippen LogP contribution in [-0.4, -0.2) is 792 Å².